The Labute approximate surface area is 141 Å². The predicted molar refractivity (Wildman–Crippen MR) is 85.5 cm³/mol. The summed E-state index contributed by atoms with van der Waals surface area (Å²) in [5.41, 5.74) is -1.68. The number of benzene rings is 1. The van der Waals surface area contributed by atoms with Gasteiger partial charge in [0.25, 0.3) is 0 Å². The second-order valence-electron chi connectivity index (χ2n) is 2.98. The number of hydrogen-bond donors (Lipinski definition) is 3. The lowest BCUT2D eigenvalue weighted by Gasteiger charge is -2.12. The summed E-state index contributed by atoms with van der Waals surface area (Å²) in [4.78, 5) is 33.4. The van der Waals surface area contributed by atoms with Gasteiger partial charge >= 0.3 is 17.9 Å². The molecule has 0 aliphatic carbocycles. The minimum absolute atomic E-state index is 0.215. The first-order valence-electron chi connectivity index (χ1n) is 4.10. The number of aromatic carboxylic acids is 3. The van der Waals surface area contributed by atoms with Gasteiger partial charge in [-0.2, -0.15) is 0 Å². The first kappa shape index (κ1) is 15.9. The molecule has 1 rings (SSSR count). The van der Waals surface area contributed by atoms with Gasteiger partial charge in [0.1, 0.15) is 0 Å². The van der Waals surface area contributed by atoms with Gasteiger partial charge in [0.15, 0.2) is 0 Å². The molecule has 0 amide bonds. The lowest BCUT2D eigenvalue weighted by atomic mass is 10.0. The van der Waals surface area contributed by atoms with Crippen LogP contribution >= 0.6 is 67.8 Å². The maximum Gasteiger partial charge on any atom is 0.337 e. The molecule has 0 heterocycles. The van der Waals surface area contributed by atoms with Gasteiger partial charge < -0.3 is 15.3 Å². The van der Waals surface area contributed by atoms with E-state index in [1.54, 1.807) is 67.8 Å². The third-order valence-corrected chi connectivity index (χ3v) is 7.27. The van der Waals surface area contributed by atoms with Gasteiger partial charge in [-0.15, -0.1) is 0 Å². The Balaban J connectivity index is 3.99. The van der Waals surface area contributed by atoms with E-state index in [1.807, 2.05) is 0 Å². The van der Waals surface area contributed by atoms with Gasteiger partial charge in [0.2, 0.25) is 0 Å². The molecule has 1 aromatic carbocycles. The Morgan fingerprint density at radius 3 is 1.11 bits per heavy atom. The molecule has 0 aliphatic heterocycles. The van der Waals surface area contributed by atoms with Gasteiger partial charge in [-0.25, -0.2) is 14.4 Å². The Bertz CT molecular complexity index is 539. The molecule has 0 atom stereocenters. The Hall–Kier alpha value is -0.180. The Morgan fingerprint density at radius 2 is 0.889 bits per heavy atom. The van der Waals surface area contributed by atoms with Crippen molar-refractivity contribution in [3.63, 3.8) is 0 Å². The first-order valence-corrected chi connectivity index (χ1v) is 7.34. The summed E-state index contributed by atoms with van der Waals surface area (Å²) in [5, 5.41) is 27.1. The molecule has 96 valence electrons. The van der Waals surface area contributed by atoms with Crippen molar-refractivity contribution < 1.29 is 29.7 Å². The van der Waals surface area contributed by atoms with Gasteiger partial charge in [0, 0.05) is 10.7 Å². The fraction of sp³-hybridized carbons (Fsp3) is 0. The van der Waals surface area contributed by atoms with Crippen molar-refractivity contribution in [3.8, 4) is 0 Å². The van der Waals surface area contributed by atoms with E-state index in [9.17, 15) is 14.4 Å². The summed E-state index contributed by atoms with van der Waals surface area (Å²) >= 11 is 5.18. The third-order valence-electron chi connectivity index (χ3n) is 1.97. The van der Waals surface area contributed by atoms with E-state index in [0.717, 1.165) is 0 Å². The second kappa shape index (κ2) is 5.85. The van der Waals surface area contributed by atoms with Crippen LogP contribution in [0, 0.1) is 10.7 Å². The molecule has 6 nitrogen and oxygen atoms in total. The fourth-order valence-electron chi connectivity index (χ4n) is 1.28. The SMILES string of the molecule is O=C(O)c1c(I)c(I)c(I)c(C(=O)O)c1C(=O)O. The van der Waals surface area contributed by atoms with Gasteiger partial charge in [-0.1, -0.05) is 0 Å². The predicted octanol–water partition coefficient (Wildman–Crippen LogP) is 2.60. The molecule has 18 heavy (non-hydrogen) atoms. The van der Waals surface area contributed by atoms with Crippen molar-refractivity contribution in [2.75, 3.05) is 0 Å². The molecule has 0 bridgehead atoms. The molecule has 0 aliphatic rings. The summed E-state index contributed by atoms with van der Waals surface area (Å²) in [6.45, 7) is 0. The maximum absolute atomic E-state index is 11.1. The molecule has 9 heteroatoms. The molecule has 0 aromatic heterocycles. The van der Waals surface area contributed by atoms with Crippen molar-refractivity contribution in [2.24, 2.45) is 0 Å². The van der Waals surface area contributed by atoms with E-state index < -0.39 is 34.6 Å². The highest BCUT2D eigenvalue weighted by molar-refractivity contribution is 14.1. The minimum Gasteiger partial charge on any atom is -0.478 e. The molecule has 0 unspecified atom stereocenters. The molecule has 1 aromatic rings. The van der Waals surface area contributed by atoms with Crippen LogP contribution in [0.15, 0.2) is 0 Å². The van der Waals surface area contributed by atoms with Crippen LogP contribution < -0.4 is 0 Å². The van der Waals surface area contributed by atoms with E-state index in [4.69, 9.17) is 15.3 Å². The number of carboxylic acids is 3. The third kappa shape index (κ3) is 2.71. The zero-order valence-electron chi connectivity index (χ0n) is 8.20. The Morgan fingerprint density at radius 1 is 0.611 bits per heavy atom. The highest BCUT2D eigenvalue weighted by atomic mass is 127. The largest absolute Gasteiger partial charge is 0.478 e. The second-order valence-corrected chi connectivity index (χ2v) is 6.22. The monoisotopic (exact) mass is 588 g/mol. The summed E-state index contributed by atoms with van der Waals surface area (Å²) in [5.74, 6) is -4.50. The van der Waals surface area contributed by atoms with Crippen LogP contribution in [0.2, 0.25) is 0 Å². The van der Waals surface area contributed by atoms with Crippen LogP contribution in [-0.4, -0.2) is 33.2 Å². The molecule has 0 saturated carbocycles. The van der Waals surface area contributed by atoms with E-state index in [2.05, 4.69) is 0 Å². The summed E-state index contributed by atoms with van der Waals surface area (Å²) < 4.78 is 0.841. The minimum atomic E-state index is -1.57. The normalized spacial score (nSPS) is 10.2. The number of halogens is 3. The lowest BCUT2D eigenvalue weighted by molar-refractivity contribution is 0.0631. The number of carbonyl (C=O) groups is 3. The summed E-state index contributed by atoms with van der Waals surface area (Å²) in [7, 11) is 0. The van der Waals surface area contributed by atoms with Gasteiger partial charge in [-0.05, 0) is 67.8 Å². The smallest absolute Gasteiger partial charge is 0.337 e. The molecule has 0 spiro atoms. The molecule has 0 radical (unpaired) electrons. The van der Waals surface area contributed by atoms with Gasteiger partial charge in [-0.3, -0.25) is 0 Å². The standard InChI is InChI=1S/C9H3I3O6/c10-4-2(8(15)16)1(7(13)14)3(9(17)18)5(11)6(4)12/h(H,13,14)(H,15,16)(H,17,18). The highest BCUT2D eigenvalue weighted by Crippen LogP contribution is 2.32. The average molecular weight is 588 g/mol. The quantitative estimate of drug-likeness (QED) is 0.370. The summed E-state index contributed by atoms with van der Waals surface area (Å²) in [6.07, 6.45) is 0. The van der Waals surface area contributed by atoms with Crippen molar-refractivity contribution in [1.82, 2.24) is 0 Å². The van der Waals surface area contributed by atoms with E-state index in [1.165, 1.54) is 0 Å². The van der Waals surface area contributed by atoms with Crippen LogP contribution in [0.25, 0.3) is 0 Å². The van der Waals surface area contributed by atoms with E-state index in [-0.39, 0.29) is 7.14 Å². The lowest BCUT2D eigenvalue weighted by Crippen LogP contribution is -2.19. The van der Waals surface area contributed by atoms with Crippen LogP contribution in [0.1, 0.15) is 31.1 Å². The molecular weight excluding hydrogens is 585 g/mol. The molecule has 3 N–H and O–H groups in total. The van der Waals surface area contributed by atoms with Crippen molar-refractivity contribution in [1.29, 1.82) is 0 Å². The molecule has 0 fully saturated rings. The van der Waals surface area contributed by atoms with Crippen molar-refractivity contribution in [2.45, 2.75) is 0 Å². The fourth-order valence-corrected chi connectivity index (χ4v) is 3.87. The zero-order valence-corrected chi connectivity index (χ0v) is 14.7. The topological polar surface area (TPSA) is 112 Å². The van der Waals surface area contributed by atoms with Crippen molar-refractivity contribution >= 4 is 85.7 Å². The van der Waals surface area contributed by atoms with Crippen LogP contribution in [0.4, 0.5) is 0 Å². The van der Waals surface area contributed by atoms with Crippen molar-refractivity contribution in [3.05, 3.63) is 27.4 Å². The average Bonchev–Trinajstić information content (AvgIpc) is 2.23. The number of hydrogen-bond acceptors (Lipinski definition) is 3. The maximum atomic E-state index is 11.1. The highest BCUT2D eigenvalue weighted by Gasteiger charge is 2.31. The number of carboxylic acid groups (broad SMARTS) is 3. The van der Waals surface area contributed by atoms with Gasteiger partial charge in [0.05, 0.1) is 16.7 Å². The van der Waals surface area contributed by atoms with Crippen LogP contribution in [0.5, 0.6) is 0 Å². The summed E-state index contributed by atoms with van der Waals surface area (Å²) in [6, 6.07) is 0. The molecule has 0 saturated heterocycles. The first-order chi connectivity index (χ1) is 8.20. The van der Waals surface area contributed by atoms with Crippen LogP contribution in [0.3, 0.4) is 0 Å². The Kier molecular flexibility index (Phi) is 5.16. The zero-order chi connectivity index (χ0) is 14.2. The number of rotatable bonds is 3. The van der Waals surface area contributed by atoms with E-state index >= 15 is 0 Å². The molecular formula is C9H3I3O6. The van der Waals surface area contributed by atoms with E-state index in [0.29, 0.717) is 3.57 Å². The van der Waals surface area contributed by atoms with Crippen LogP contribution in [-0.2, 0) is 0 Å².